The van der Waals surface area contributed by atoms with E-state index in [1.807, 2.05) is 6.08 Å². The number of phenols is 1. The third kappa shape index (κ3) is 6.22. The van der Waals surface area contributed by atoms with Crippen LogP contribution in [-0.4, -0.2) is 60.0 Å². The van der Waals surface area contributed by atoms with Gasteiger partial charge in [-0.2, -0.15) is 18.2 Å². The van der Waals surface area contributed by atoms with Crippen molar-refractivity contribution in [3.8, 4) is 17.2 Å². The number of alkyl halides is 3. The molecule has 59 heavy (non-hydrogen) atoms. The molecule has 3 fully saturated rings. The van der Waals surface area contributed by atoms with Gasteiger partial charge in [0, 0.05) is 18.0 Å². The molecule has 6 unspecified atom stereocenters. The zero-order valence-corrected chi connectivity index (χ0v) is 33.1. The number of methoxy groups -OCH3 is 2. The van der Waals surface area contributed by atoms with Crippen LogP contribution in [-0.2, 0) is 30.8 Å². The summed E-state index contributed by atoms with van der Waals surface area (Å²) in [5.41, 5.74) is -0.870. The van der Waals surface area contributed by atoms with E-state index in [2.05, 4.69) is 4.98 Å². The molecule has 8 rings (SSSR count). The zero-order chi connectivity index (χ0) is 42.1. The lowest BCUT2D eigenvalue weighted by atomic mass is 9.50. The zero-order valence-electron chi connectivity index (χ0n) is 31.6. The highest BCUT2D eigenvalue weighted by Gasteiger charge is 2.69. The number of hydrazine groups is 1. The lowest BCUT2D eigenvalue weighted by Gasteiger charge is -2.49. The van der Waals surface area contributed by atoms with Gasteiger partial charge in [-0.3, -0.25) is 24.2 Å². The molecular weight excluding hydrogens is 812 g/mol. The fraction of sp³-hybridized carbons (Fsp3) is 0.279. The van der Waals surface area contributed by atoms with E-state index in [0.717, 1.165) is 21.0 Å². The number of pyridine rings is 1. The molecule has 16 heteroatoms. The number of aromatic hydroxyl groups is 1. The van der Waals surface area contributed by atoms with Crippen LogP contribution >= 0.6 is 23.2 Å². The number of carbonyl (C=O) groups is 4. The van der Waals surface area contributed by atoms with E-state index in [1.165, 1.54) is 27.3 Å². The van der Waals surface area contributed by atoms with Gasteiger partial charge in [-0.05, 0) is 72.4 Å². The van der Waals surface area contributed by atoms with E-state index in [0.29, 0.717) is 27.8 Å². The lowest BCUT2D eigenvalue weighted by Crippen LogP contribution is -2.54. The highest BCUT2D eigenvalue weighted by molar-refractivity contribution is 6.33. The van der Waals surface area contributed by atoms with Crippen molar-refractivity contribution in [1.82, 2.24) is 9.99 Å². The maximum absolute atomic E-state index is 15.4. The molecular formula is C43H35Cl2F3N4O7. The predicted molar refractivity (Wildman–Crippen MR) is 212 cm³/mol. The van der Waals surface area contributed by atoms with Crippen LogP contribution in [0.2, 0.25) is 10.0 Å². The van der Waals surface area contributed by atoms with Gasteiger partial charge in [0.15, 0.2) is 17.3 Å². The molecule has 1 saturated carbocycles. The number of ether oxygens (including phenoxy) is 2. The first-order chi connectivity index (χ1) is 28.1. The fourth-order valence-electron chi connectivity index (χ4n) is 9.40. The molecule has 11 nitrogen and oxygen atoms in total. The number of amides is 4. The first-order valence-electron chi connectivity index (χ1n) is 18.5. The third-order valence-electron chi connectivity index (χ3n) is 11.9. The number of nitrogens with zero attached hydrogens (tertiary/aromatic N) is 4. The van der Waals surface area contributed by atoms with Gasteiger partial charge in [0.25, 0.3) is 11.8 Å². The Hall–Kier alpha value is -5.86. The van der Waals surface area contributed by atoms with Gasteiger partial charge < -0.3 is 14.6 Å². The van der Waals surface area contributed by atoms with Gasteiger partial charge in [-0.15, -0.1) is 0 Å². The molecule has 1 N–H and O–H groups in total. The molecule has 4 aliphatic rings. The van der Waals surface area contributed by atoms with Crippen molar-refractivity contribution in [3.63, 3.8) is 0 Å². The Morgan fingerprint density at radius 3 is 2.24 bits per heavy atom. The molecule has 3 aromatic carbocycles. The SMILES string of the molecule is COc1cc(C=CC2C3=CCC4C(=O)N(N(C)c5nc(C(F)(F)F)ccc5Cl)C(=O)C4C3CC3C(=O)N(c4cccc(Cl)c4)C(=O)C23c2ccccc2)cc(OC)c1O. The third-order valence-corrected chi connectivity index (χ3v) is 12.4. The van der Waals surface area contributed by atoms with E-state index in [-0.39, 0.29) is 40.8 Å². The summed E-state index contributed by atoms with van der Waals surface area (Å²) in [5.74, 6) is -7.59. The molecule has 0 bridgehead atoms. The summed E-state index contributed by atoms with van der Waals surface area (Å²) in [6, 6.07) is 20.1. The normalized spacial score (nSPS) is 25.2. The largest absolute Gasteiger partial charge is 0.502 e. The van der Waals surface area contributed by atoms with Gasteiger partial charge in [-0.1, -0.05) is 83.4 Å². The number of rotatable bonds is 8. The molecule has 0 radical (unpaired) electrons. The van der Waals surface area contributed by atoms with E-state index >= 15 is 4.79 Å². The lowest BCUT2D eigenvalue weighted by molar-refractivity contribution is -0.141. The molecule has 3 heterocycles. The number of fused-ring (bicyclic) bond motifs is 4. The van der Waals surface area contributed by atoms with E-state index in [1.54, 1.807) is 72.8 Å². The van der Waals surface area contributed by atoms with Crippen molar-refractivity contribution < 1.29 is 46.9 Å². The molecule has 2 aliphatic heterocycles. The topological polar surface area (TPSA) is 130 Å². The van der Waals surface area contributed by atoms with Crippen LogP contribution in [0.3, 0.4) is 0 Å². The summed E-state index contributed by atoms with van der Waals surface area (Å²) in [4.78, 5) is 64.0. The maximum Gasteiger partial charge on any atom is 0.433 e. The molecule has 0 spiro atoms. The Kier molecular flexibility index (Phi) is 9.99. The fourth-order valence-corrected chi connectivity index (χ4v) is 9.81. The summed E-state index contributed by atoms with van der Waals surface area (Å²) in [7, 11) is 4.01. The van der Waals surface area contributed by atoms with Crippen molar-refractivity contribution >= 4 is 64.4 Å². The van der Waals surface area contributed by atoms with Gasteiger partial charge >= 0.3 is 6.18 Å². The Morgan fingerprint density at radius 2 is 1.59 bits per heavy atom. The predicted octanol–water partition coefficient (Wildman–Crippen LogP) is 7.89. The Balaban J connectivity index is 1.29. The summed E-state index contributed by atoms with van der Waals surface area (Å²) in [6.07, 6.45) is 0.541. The number of hydrogen-bond donors (Lipinski definition) is 1. The number of halogens is 5. The van der Waals surface area contributed by atoms with Crippen LogP contribution in [0.4, 0.5) is 24.7 Å². The maximum atomic E-state index is 15.4. The van der Waals surface area contributed by atoms with Crippen LogP contribution in [0.1, 0.15) is 29.7 Å². The average molecular weight is 848 g/mol. The Labute approximate surface area is 346 Å². The highest BCUT2D eigenvalue weighted by atomic mass is 35.5. The Morgan fingerprint density at radius 1 is 0.898 bits per heavy atom. The van der Waals surface area contributed by atoms with Crippen LogP contribution in [0, 0.1) is 29.6 Å². The second-order valence-corrected chi connectivity index (χ2v) is 15.6. The number of benzene rings is 3. The van der Waals surface area contributed by atoms with Crippen LogP contribution in [0.15, 0.2) is 96.6 Å². The molecule has 2 aliphatic carbocycles. The van der Waals surface area contributed by atoms with Gasteiger partial charge in [-0.25, -0.2) is 9.88 Å². The number of hydrogen-bond acceptors (Lipinski definition) is 9. The number of phenolic OH excluding ortho intramolecular Hbond substituents is 1. The van der Waals surface area contributed by atoms with Gasteiger partial charge in [0.1, 0.15) is 5.69 Å². The molecule has 4 amide bonds. The van der Waals surface area contributed by atoms with E-state index in [4.69, 9.17) is 32.7 Å². The molecule has 4 aromatic rings. The monoisotopic (exact) mass is 846 g/mol. The van der Waals surface area contributed by atoms with E-state index < -0.39 is 76.3 Å². The van der Waals surface area contributed by atoms with E-state index in [9.17, 15) is 32.7 Å². The van der Waals surface area contributed by atoms with Crippen molar-refractivity contribution in [1.29, 1.82) is 0 Å². The minimum Gasteiger partial charge on any atom is -0.502 e. The van der Waals surface area contributed by atoms with Crippen molar-refractivity contribution in [3.05, 3.63) is 123 Å². The molecule has 1 aromatic heterocycles. The summed E-state index contributed by atoms with van der Waals surface area (Å²) < 4.78 is 52.0. The van der Waals surface area contributed by atoms with Crippen LogP contribution < -0.4 is 19.4 Å². The van der Waals surface area contributed by atoms with Crippen molar-refractivity contribution in [2.45, 2.75) is 24.4 Å². The number of imide groups is 2. The average Bonchev–Trinajstić information content (AvgIpc) is 3.61. The minimum absolute atomic E-state index is 0.0200. The summed E-state index contributed by atoms with van der Waals surface area (Å²) in [6.45, 7) is 0. The first-order valence-corrected chi connectivity index (χ1v) is 19.3. The Bertz CT molecular complexity index is 2460. The van der Waals surface area contributed by atoms with Crippen molar-refractivity contribution in [2.24, 2.45) is 29.6 Å². The van der Waals surface area contributed by atoms with Gasteiger partial charge in [0.2, 0.25) is 17.6 Å². The number of allylic oxidation sites excluding steroid dienone is 3. The smallest absolute Gasteiger partial charge is 0.433 e. The number of anilines is 2. The van der Waals surface area contributed by atoms with Crippen LogP contribution in [0.5, 0.6) is 17.2 Å². The second-order valence-electron chi connectivity index (χ2n) is 14.8. The second kappa shape index (κ2) is 14.8. The minimum atomic E-state index is -4.83. The summed E-state index contributed by atoms with van der Waals surface area (Å²) in [5, 5.41) is 12.4. The van der Waals surface area contributed by atoms with Crippen LogP contribution in [0.25, 0.3) is 6.08 Å². The van der Waals surface area contributed by atoms with Crippen molar-refractivity contribution in [2.75, 3.05) is 31.2 Å². The number of aromatic nitrogens is 1. The summed E-state index contributed by atoms with van der Waals surface area (Å²) >= 11 is 12.7. The quantitative estimate of drug-likeness (QED) is 0.139. The molecule has 6 atom stereocenters. The number of carbonyl (C=O) groups excluding carboxylic acids is 4. The molecule has 304 valence electrons. The molecule has 2 saturated heterocycles. The van der Waals surface area contributed by atoms with Gasteiger partial charge in [0.05, 0.1) is 48.1 Å². The standard InChI is InChI=1S/C43H35Cl2F3N4O7/c1-50(37-31(45)16-17-34(49-37)43(46,47)48)52-38(54)27-14-13-26-28(35(27)40(52)56)21-30-39(55)51(25-11-7-10-24(44)20-25)41(57)42(30,23-8-5-4-6-9-23)29(26)15-12-22-18-32(58-2)36(53)33(19-22)59-3/h4-13,15-20,27-30,35,53H,14,21H2,1-3H3. The highest BCUT2D eigenvalue weighted by Crippen LogP contribution is 2.62. The first kappa shape index (κ1) is 39.9.